The van der Waals surface area contributed by atoms with Gasteiger partial charge in [0.2, 0.25) is 11.1 Å². The average molecular weight is 440 g/mol. The highest BCUT2D eigenvalue weighted by atomic mass is 32.2. The van der Waals surface area contributed by atoms with Gasteiger partial charge in [0, 0.05) is 6.42 Å². The van der Waals surface area contributed by atoms with Crippen LogP contribution in [-0.2, 0) is 11.2 Å². The molecule has 0 bridgehead atoms. The number of aromatic amines is 1. The molecular weight excluding hydrogens is 423 g/mol. The van der Waals surface area contributed by atoms with Crippen molar-refractivity contribution in [2.24, 2.45) is 0 Å². The zero-order valence-electron chi connectivity index (χ0n) is 16.3. The van der Waals surface area contributed by atoms with Gasteiger partial charge in [-0.3, -0.25) is 14.6 Å². The molecule has 31 heavy (non-hydrogen) atoms. The number of para-hydroxylation sites is 1. The van der Waals surface area contributed by atoms with E-state index in [9.17, 15) is 14.0 Å². The maximum absolute atomic E-state index is 13.7. The summed E-state index contributed by atoms with van der Waals surface area (Å²) in [5.41, 5.74) is 0.882. The van der Waals surface area contributed by atoms with Gasteiger partial charge < -0.3 is 10.1 Å². The fourth-order valence-corrected chi connectivity index (χ4v) is 3.48. The van der Waals surface area contributed by atoms with Crippen LogP contribution in [0, 0.1) is 5.82 Å². The minimum atomic E-state index is -0.517. The molecule has 4 aromatic rings. The van der Waals surface area contributed by atoms with Crippen LogP contribution >= 0.6 is 11.8 Å². The van der Waals surface area contributed by atoms with E-state index in [1.807, 2.05) is 12.1 Å². The predicted octanol–water partition coefficient (Wildman–Crippen LogP) is 2.28. The van der Waals surface area contributed by atoms with E-state index in [-0.39, 0.29) is 28.5 Å². The van der Waals surface area contributed by atoms with Crippen molar-refractivity contribution in [3.8, 4) is 5.75 Å². The molecule has 2 aromatic heterocycles. The average Bonchev–Trinajstić information content (AvgIpc) is 3.16. The van der Waals surface area contributed by atoms with Gasteiger partial charge in [-0.25, -0.2) is 4.39 Å². The van der Waals surface area contributed by atoms with Crippen molar-refractivity contribution < 1.29 is 13.9 Å². The van der Waals surface area contributed by atoms with E-state index in [0.29, 0.717) is 17.3 Å². The van der Waals surface area contributed by atoms with E-state index in [1.165, 1.54) is 22.7 Å². The van der Waals surface area contributed by atoms with Crippen LogP contribution in [0.3, 0.4) is 0 Å². The number of carbonyl (C=O) groups is 1. The van der Waals surface area contributed by atoms with Crippen LogP contribution in [0.1, 0.15) is 11.3 Å². The normalized spacial score (nSPS) is 10.9. The van der Waals surface area contributed by atoms with Gasteiger partial charge in [0.05, 0.1) is 18.6 Å². The van der Waals surface area contributed by atoms with Crippen molar-refractivity contribution in [2.75, 3.05) is 18.2 Å². The van der Waals surface area contributed by atoms with Gasteiger partial charge in [-0.1, -0.05) is 36.0 Å². The Morgan fingerprint density at radius 3 is 2.71 bits per heavy atom. The summed E-state index contributed by atoms with van der Waals surface area (Å²) >= 11 is 1.07. The van der Waals surface area contributed by atoms with Crippen molar-refractivity contribution in [3.05, 3.63) is 76.0 Å². The van der Waals surface area contributed by atoms with Crippen LogP contribution < -0.4 is 15.6 Å². The van der Waals surface area contributed by atoms with Crippen molar-refractivity contribution in [2.45, 2.75) is 11.6 Å². The molecule has 0 unspecified atom stereocenters. The highest BCUT2D eigenvalue weighted by Crippen LogP contribution is 2.18. The molecule has 11 heteroatoms. The van der Waals surface area contributed by atoms with Gasteiger partial charge in [-0.2, -0.15) is 9.61 Å². The molecule has 0 aliphatic heterocycles. The smallest absolute Gasteiger partial charge is 0.274 e. The molecule has 0 saturated carbocycles. The second kappa shape index (κ2) is 8.96. The van der Waals surface area contributed by atoms with Crippen molar-refractivity contribution in [1.29, 1.82) is 0 Å². The summed E-state index contributed by atoms with van der Waals surface area (Å²) in [7, 11) is 1.58. The zero-order valence-corrected chi connectivity index (χ0v) is 17.1. The molecule has 0 fully saturated rings. The molecule has 1 amide bonds. The lowest BCUT2D eigenvalue weighted by atomic mass is 10.1. The van der Waals surface area contributed by atoms with Crippen molar-refractivity contribution >= 4 is 29.1 Å². The summed E-state index contributed by atoms with van der Waals surface area (Å²) in [5, 5.41) is 15.0. The van der Waals surface area contributed by atoms with Crippen molar-refractivity contribution in [1.82, 2.24) is 24.8 Å². The Labute approximate surface area is 179 Å². The molecule has 158 valence electrons. The van der Waals surface area contributed by atoms with Gasteiger partial charge in [0.1, 0.15) is 17.3 Å². The standard InChI is InChI=1S/C20H17FN6O3S/c1-30-13-8-6-12(7-9-13)10-16-18(29)23-19-24-25-20(27(19)26-16)31-11-17(28)22-15-5-3-2-4-14(15)21/h2-9H,10-11H2,1H3,(H,22,28)(H,23,24,29). The lowest BCUT2D eigenvalue weighted by molar-refractivity contribution is -0.113. The molecule has 0 radical (unpaired) electrons. The van der Waals surface area contributed by atoms with Gasteiger partial charge in [-0.15, -0.1) is 10.2 Å². The molecule has 2 aromatic carbocycles. The highest BCUT2D eigenvalue weighted by molar-refractivity contribution is 7.99. The minimum Gasteiger partial charge on any atom is -0.497 e. The molecule has 0 saturated heterocycles. The first-order valence-electron chi connectivity index (χ1n) is 9.18. The Balaban J connectivity index is 1.49. The summed E-state index contributed by atoms with van der Waals surface area (Å²) in [6.45, 7) is 0. The van der Waals surface area contributed by atoms with Crippen LogP contribution in [0.4, 0.5) is 10.1 Å². The maximum Gasteiger partial charge on any atom is 0.274 e. The first kappa shape index (κ1) is 20.5. The Morgan fingerprint density at radius 1 is 1.19 bits per heavy atom. The fraction of sp³-hybridized carbons (Fsp3) is 0.150. The second-order valence-corrected chi connectivity index (χ2v) is 7.40. The number of rotatable bonds is 7. The van der Waals surface area contributed by atoms with Crippen LogP contribution in [0.15, 0.2) is 58.5 Å². The van der Waals surface area contributed by atoms with E-state index >= 15 is 0 Å². The van der Waals surface area contributed by atoms with E-state index < -0.39 is 11.7 Å². The summed E-state index contributed by atoms with van der Waals surface area (Å²) in [4.78, 5) is 27.1. The van der Waals surface area contributed by atoms with E-state index in [2.05, 4.69) is 25.6 Å². The van der Waals surface area contributed by atoms with Gasteiger partial charge in [0.25, 0.3) is 11.3 Å². The third kappa shape index (κ3) is 4.72. The number of amides is 1. The van der Waals surface area contributed by atoms with E-state index in [4.69, 9.17) is 4.74 Å². The quantitative estimate of drug-likeness (QED) is 0.424. The van der Waals surface area contributed by atoms with Crippen LogP contribution in [0.5, 0.6) is 5.75 Å². The second-order valence-electron chi connectivity index (χ2n) is 6.46. The number of hydrogen-bond acceptors (Lipinski definition) is 7. The number of H-pyrrole nitrogens is 1. The predicted molar refractivity (Wildman–Crippen MR) is 113 cm³/mol. The zero-order chi connectivity index (χ0) is 21.8. The highest BCUT2D eigenvalue weighted by Gasteiger charge is 2.14. The SMILES string of the molecule is COc1ccc(Cc2nn3c(SCC(=O)Nc4ccccc4F)nnc3[nH]c2=O)cc1. The van der Waals surface area contributed by atoms with Crippen molar-refractivity contribution in [3.63, 3.8) is 0 Å². The first-order valence-corrected chi connectivity index (χ1v) is 10.2. The Hall–Kier alpha value is -3.73. The number of anilines is 1. The molecular formula is C20H17FN6O3S. The third-order valence-corrected chi connectivity index (χ3v) is 5.25. The topological polar surface area (TPSA) is 114 Å². The first-order chi connectivity index (χ1) is 15.0. The molecule has 2 heterocycles. The summed E-state index contributed by atoms with van der Waals surface area (Å²) in [6, 6.07) is 13.2. The number of ether oxygens (including phenoxy) is 1. The summed E-state index contributed by atoms with van der Waals surface area (Å²) in [6.07, 6.45) is 0.297. The molecule has 0 spiro atoms. The molecule has 2 N–H and O–H groups in total. The van der Waals surface area contributed by atoms with Crippen LogP contribution in [0.25, 0.3) is 5.78 Å². The number of nitrogens with zero attached hydrogens (tertiary/aromatic N) is 4. The maximum atomic E-state index is 13.7. The molecule has 0 aliphatic carbocycles. The van der Waals surface area contributed by atoms with E-state index in [0.717, 1.165) is 17.3 Å². The van der Waals surface area contributed by atoms with Gasteiger partial charge >= 0.3 is 0 Å². The number of nitrogens with one attached hydrogen (secondary N) is 2. The molecule has 4 rings (SSSR count). The Bertz CT molecular complexity index is 1290. The van der Waals surface area contributed by atoms with Gasteiger partial charge in [0.15, 0.2) is 0 Å². The van der Waals surface area contributed by atoms with Crippen LogP contribution in [-0.4, -0.2) is 43.6 Å². The number of fused-ring (bicyclic) bond motifs is 1. The summed E-state index contributed by atoms with van der Waals surface area (Å²) in [5.74, 6) is -0.0809. The van der Waals surface area contributed by atoms with E-state index in [1.54, 1.807) is 25.3 Å². The monoisotopic (exact) mass is 440 g/mol. The lowest BCUT2D eigenvalue weighted by Crippen LogP contribution is -2.19. The minimum absolute atomic E-state index is 0.0379. The number of hydrogen-bond donors (Lipinski definition) is 2. The number of carbonyl (C=O) groups excluding carboxylic acids is 1. The Morgan fingerprint density at radius 2 is 1.97 bits per heavy atom. The number of methoxy groups -OCH3 is 1. The Kier molecular flexibility index (Phi) is 5.94. The molecule has 9 nitrogen and oxygen atoms in total. The largest absolute Gasteiger partial charge is 0.497 e. The van der Waals surface area contributed by atoms with Gasteiger partial charge in [-0.05, 0) is 29.8 Å². The molecule has 0 atom stereocenters. The van der Waals surface area contributed by atoms with Crippen LogP contribution in [0.2, 0.25) is 0 Å². The number of aromatic nitrogens is 5. The number of halogens is 1. The molecule has 0 aliphatic rings. The number of thioether (sulfide) groups is 1. The lowest BCUT2D eigenvalue weighted by Gasteiger charge is -2.06. The summed E-state index contributed by atoms with van der Waals surface area (Å²) < 4.78 is 20.2. The number of benzene rings is 2. The third-order valence-electron chi connectivity index (χ3n) is 4.33. The fourth-order valence-electron chi connectivity index (χ4n) is 2.79.